The Balaban J connectivity index is 2.00. The van der Waals surface area contributed by atoms with Crippen molar-refractivity contribution in [3.8, 4) is 0 Å². The van der Waals surface area contributed by atoms with Crippen molar-refractivity contribution in [1.82, 2.24) is 9.55 Å². The number of carbonyl (C=O) groups is 1. The maximum absolute atomic E-state index is 11.0. The molecule has 0 spiro atoms. The Morgan fingerprint density at radius 3 is 2.96 bits per heavy atom. The second kappa shape index (κ2) is 7.29. The third kappa shape index (κ3) is 3.70. The van der Waals surface area contributed by atoms with Gasteiger partial charge in [-0.3, -0.25) is 0 Å². The number of thiazole rings is 1. The van der Waals surface area contributed by atoms with Gasteiger partial charge in [0.2, 0.25) is 0 Å². The lowest BCUT2D eigenvalue weighted by Crippen LogP contribution is -2.22. The van der Waals surface area contributed by atoms with Gasteiger partial charge >= 0.3 is 5.97 Å². The smallest absolute Gasteiger partial charge is 0.337 e. The second-order valence-corrected chi connectivity index (χ2v) is 7.06. The molecule has 7 heteroatoms. The fourth-order valence-corrected chi connectivity index (χ4v) is 4.10. The van der Waals surface area contributed by atoms with Crippen LogP contribution in [0.2, 0.25) is 5.02 Å². The molecule has 1 aromatic carbocycles. The summed E-state index contributed by atoms with van der Waals surface area (Å²) >= 11 is 7.87. The molecule has 5 nitrogen and oxygen atoms in total. The highest BCUT2D eigenvalue weighted by atomic mass is 35.5. The molecular formula is C18H18ClN3O2S. The van der Waals surface area contributed by atoms with Crippen LogP contribution >= 0.6 is 22.9 Å². The van der Waals surface area contributed by atoms with E-state index in [1.807, 2.05) is 22.8 Å². The molecule has 1 N–H and O–H groups in total. The fourth-order valence-electron chi connectivity index (χ4n) is 2.67. The Morgan fingerprint density at radius 2 is 2.32 bits per heavy atom. The number of rotatable bonds is 7. The quantitative estimate of drug-likeness (QED) is 0.617. The average Bonchev–Trinajstić information content (AvgIpc) is 3.19. The summed E-state index contributed by atoms with van der Waals surface area (Å²) in [6.07, 6.45) is 5.22. The van der Waals surface area contributed by atoms with Gasteiger partial charge in [0.05, 0.1) is 15.8 Å². The molecule has 2 aromatic heterocycles. The molecule has 0 bridgehead atoms. The molecule has 0 aliphatic rings. The predicted octanol–water partition coefficient (Wildman–Crippen LogP) is 4.51. The molecule has 0 fully saturated rings. The maximum Gasteiger partial charge on any atom is 0.337 e. The Labute approximate surface area is 154 Å². The lowest BCUT2D eigenvalue weighted by molar-refractivity contribution is 0.0697. The topological polar surface area (TPSA) is 58.4 Å². The molecule has 0 atom stereocenters. The molecular weight excluding hydrogens is 358 g/mol. The molecule has 25 heavy (non-hydrogen) atoms. The van der Waals surface area contributed by atoms with Crippen LogP contribution in [0.15, 0.2) is 43.2 Å². The Bertz CT molecular complexity index is 932. The van der Waals surface area contributed by atoms with Crippen molar-refractivity contribution in [2.75, 3.05) is 18.0 Å². The van der Waals surface area contributed by atoms with E-state index in [1.54, 1.807) is 29.8 Å². The Hall–Kier alpha value is -2.31. The molecule has 3 rings (SSSR count). The zero-order chi connectivity index (χ0) is 18.0. The second-order valence-electron chi connectivity index (χ2n) is 5.61. The summed E-state index contributed by atoms with van der Waals surface area (Å²) in [6, 6.07) is 5.39. The van der Waals surface area contributed by atoms with Crippen molar-refractivity contribution in [1.29, 1.82) is 0 Å². The van der Waals surface area contributed by atoms with E-state index < -0.39 is 5.97 Å². The number of hydrogen-bond acceptors (Lipinski definition) is 4. The van der Waals surface area contributed by atoms with E-state index in [0.717, 1.165) is 34.0 Å². The number of benzene rings is 1. The van der Waals surface area contributed by atoms with E-state index in [4.69, 9.17) is 21.7 Å². The lowest BCUT2D eigenvalue weighted by atomic mass is 10.2. The van der Waals surface area contributed by atoms with Crippen LogP contribution in [-0.2, 0) is 6.54 Å². The number of carboxylic acids is 1. The molecule has 2 heterocycles. The van der Waals surface area contributed by atoms with Crippen molar-refractivity contribution >= 4 is 44.3 Å². The number of nitrogens with zero attached hydrogens (tertiary/aromatic N) is 3. The lowest BCUT2D eigenvalue weighted by Gasteiger charge is -2.16. The van der Waals surface area contributed by atoms with E-state index in [0.29, 0.717) is 11.6 Å². The van der Waals surface area contributed by atoms with Crippen LogP contribution in [0.1, 0.15) is 22.8 Å². The molecule has 0 saturated carbocycles. The molecule has 0 saturated heterocycles. The van der Waals surface area contributed by atoms with Crippen molar-refractivity contribution in [3.63, 3.8) is 0 Å². The van der Waals surface area contributed by atoms with E-state index >= 15 is 0 Å². The van der Waals surface area contributed by atoms with Crippen LogP contribution in [0.25, 0.3) is 10.2 Å². The van der Waals surface area contributed by atoms with Crippen LogP contribution in [0.5, 0.6) is 0 Å². The molecule has 0 unspecified atom stereocenters. The number of anilines is 1. The monoisotopic (exact) mass is 375 g/mol. The summed E-state index contributed by atoms with van der Waals surface area (Å²) < 4.78 is 2.85. The molecule has 0 aliphatic carbocycles. The summed E-state index contributed by atoms with van der Waals surface area (Å²) in [5.74, 6) is -0.936. The summed E-state index contributed by atoms with van der Waals surface area (Å²) in [7, 11) is 0. The number of aromatic carboxylic acids is 1. The average molecular weight is 376 g/mol. The van der Waals surface area contributed by atoms with Gasteiger partial charge in [0, 0.05) is 42.6 Å². The van der Waals surface area contributed by atoms with Crippen molar-refractivity contribution in [3.05, 3.63) is 59.4 Å². The predicted molar refractivity (Wildman–Crippen MR) is 103 cm³/mol. The minimum absolute atomic E-state index is 0.264. The largest absolute Gasteiger partial charge is 0.478 e. The van der Waals surface area contributed by atoms with Gasteiger partial charge in [-0.25, -0.2) is 9.78 Å². The SMILES string of the molecule is C=CCN(CC)c1nc2c(Cn3ccc(C(=O)O)c3)cc(Cl)cc2s1. The highest BCUT2D eigenvalue weighted by Crippen LogP contribution is 2.33. The van der Waals surface area contributed by atoms with E-state index in [1.165, 1.54) is 0 Å². The number of fused-ring (bicyclic) bond motifs is 1. The van der Waals surface area contributed by atoms with Crippen LogP contribution < -0.4 is 4.90 Å². The van der Waals surface area contributed by atoms with E-state index in [2.05, 4.69) is 18.4 Å². The zero-order valence-corrected chi connectivity index (χ0v) is 15.3. The van der Waals surface area contributed by atoms with Gasteiger partial charge in [-0.05, 0) is 25.1 Å². The van der Waals surface area contributed by atoms with Gasteiger partial charge in [0.15, 0.2) is 5.13 Å². The fraction of sp³-hybridized carbons (Fsp3) is 0.222. The minimum atomic E-state index is -0.936. The van der Waals surface area contributed by atoms with Crippen molar-refractivity contribution < 1.29 is 9.90 Å². The highest BCUT2D eigenvalue weighted by Gasteiger charge is 2.14. The number of likely N-dealkylation sites (N-methyl/N-ethyl adjacent to an activating group) is 1. The van der Waals surface area contributed by atoms with Crippen LogP contribution in [0.3, 0.4) is 0 Å². The summed E-state index contributed by atoms with van der Waals surface area (Å²) in [6.45, 7) is 7.97. The molecule has 0 aliphatic heterocycles. The molecule has 3 aromatic rings. The highest BCUT2D eigenvalue weighted by molar-refractivity contribution is 7.22. The van der Waals surface area contributed by atoms with Crippen LogP contribution in [0, 0.1) is 0 Å². The molecule has 0 radical (unpaired) electrons. The van der Waals surface area contributed by atoms with Crippen molar-refractivity contribution in [2.45, 2.75) is 13.5 Å². The van der Waals surface area contributed by atoms with Crippen LogP contribution in [0.4, 0.5) is 5.13 Å². The summed E-state index contributed by atoms with van der Waals surface area (Å²) in [5, 5.41) is 10.6. The normalized spacial score (nSPS) is 11.0. The Morgan fingerprint density at radius 1 is 1.52 bits per heavy atom. The van der Waals surface area contributed by atoms with Gasteiger partial charge in [0.25, 0.3) is 0 Å². The standard InChI is InChI=1S/C18H18ClN3O2S/c1-3-6-22(4-2)18-20-16-13(8-14(19)9-15(16)25-18)11-21-7-5-12(10-21)17(23)24/h3,5,7-10H,1,4,6,11H2,2H3,(H,23,24). The first-order valence-corrected chi connectivity index (χ1v) is 9.05. The zero-order valence-electron chi connectivity index (χ0n) is 13.8. The molecule has 0 amide bonds. The third-order valence-corrected chi connectivity index (χ3v) is 5.16. The van der Waals surface area contributed by atoms with Gasteiger partial charge in [-0.15, -0.1) is 6.58 Å². The van der Waals surface area contributed by atoms with Gasteiger partial charge in [0.1, 0.15) is 0 Å². The van der Waals surface area contributed by atoms with E-state index in [9.17, 15) is 4.79 Å². The van der Waals surface area contributed by atoms with Crippen LogP contribution in [-0.4, -0.2) is 33.7 Å². The first kappa shape index (κ1) is 17.5. The maximum atomic E-state index is 11.0. The first-order valence-electron chi connectivity index (χ1n) is 7.85. The summed E-state index contributed by atoms with van der Waals surface area (Å²) in [4.78, 5) is 18.0. The number of hydrogen-bond donors (Lipinski definition) is 1. The summed E-state index contributed by atoms with van der Waals surface area (Å²) in [5.41, 5.74) is 2.13. The van der Waals surface area contributed by atoms with Gasteiger partial charge < -0.3 is 14.6 Å². The minimum Gasteiger partial charge on any atom is -0.478 e. The van der Waals surface area contributed by atoms with Gasteiger partial charge in [-0.1, -0.05) is 29.0 Å². The van der Waals surface area contributed by atoms with Crippen molar-refractivity contribution in [2.24, 2.45) is 0 Å². The molecule has 130 valence electrons. The van der Waals surface area contributed by atoms with E-state index in [-0.39, 0.29) is 5.56 Å². The Kier molecular flexibility index (Phi) is 5.11. The third-order valence-electron chi connectivity index (χ3n) is 3.88. The number of carboxylic acid groups (broad SMARTS) is 1. The first-order chi connectivity index (χ1) is 12.0. The van der Waals surface area contributed by atoms with Gasteiger partial charge in [-0.2, -0.15) is 0 Å². The number of halogens is 1. The number of aromatic nitrogens is 2.